The van der Waals surface area contributed by atoms with Gasteiger partial charge in [0.25, 0.3) is 0 Å². The predicted octanol–water partition coefficient (Wildman–Crippen LogP) is 3.94. The molecule has 0 radical (unpaired) electrons. The maximum Gasteiger partial charge on any atom is 0.220 e. The standard InChI is InChI=1S/C19H27ClN2O.ClH/c1-14(15-6-10-21-11-7-15)12-18(23)22-13-19(8-9-19)16-2-4-17(20)5-3-16;/h2-5,14-15,21H,6-13H2,1H3,(H,22,23);1H. The van der Waals surface area contributed by atoms with E-state index in [2.05, 4.69) is 29.7 Å². The molecule has 1 aromatic rings. The van der Waals surface area contributed by atoms with Gasteiger partial charge in [-0.25, -0.2) is 0 Å². The van der Waals surface area contributed by atoms with Crippen molar-refractivity contribution in [1.82, 2.24) is 10.6 Å². The molecule has 1 saturated heterocycles. The molecular formula is C19H28Cl2N2O. The lowest BCUT2D eigenvalue weighted by Crippen LogP contribution is -2.36. The molecule has 1 heterocycles. The number of carbonyl (C=O) groups excluding carboxylic acids is 1. The molecule has 2 N–H and O–H groups in total. The first-order valence-corrected chi connectivity index (χ1v) is 9.20. The third-order valence-corrected chi connectivity index (χ3v) is 5.88. The summed E-state index contributed by atoms with van der Waals surface area (Å²) >= 11 is 5.97. The number of nitrogens with one attached hydrogen (secondary N) is 2. The van der Waals surface area contributed by atoms with E-state index in [1.807, 2.05) is 12.1 Å². The number of rotatable bonds is 6. The topological polar surface area (TPSA) is 41.1 Å². The van der Waals surface area contributed by atoms with Gasteiger partial charge in [-0.3, -0.25) is 4.79 Å². The van der Waals surface area contributed by atoms with Gasteiger partial charge in [0, 0.05) is 23.4 Å². The number of hydrogen-bond donors (Lipinski definition) is 2. The van der Waals surface area contributed by atoms with Crippen molar-refractivity contribution >= 4 is 29.9 Å². The van der Waals surface area contributed by atoms with Crippen LogP contribution in [0.3, 0.4) is 0 Å². The Morgan fingerprint density at radius 1 is 1.29 bits per heavy atom. The summed E-state index contributed by atoms with van der Waals surface area (Å²) in [4.78, 5) is 12.3. The van der Waals surface area contributed by atoms with Crippen LogP contribution >= 0.6 is 24.0 Å². The van der Waals surface area contributed by atoms with E-state index in [1.54, 1.807) is 0 Å². The molecule has 1 aromatic carbocycles. The predicted molar refractivity (Wildman–Crippen MR) is 102 cm³/mol. The third kappa shape index (κ3) is 4.87. The highest BCUT2D eigenvalue weighted by Crippen LogP contribution is 2.47. The molecule has 24 heavy (non-hydrogen) atoms. The largest absolute Gasteiger partial charge is 0.355 e. The first-order valence-electron chi connectivity index (χ1n) is 8.82. The summed E-state index contributed by atoms with van der Waals surface area (Å²) in [6, 6.07) is 8.08. The van der Waals surface area contributed by atoms with E-state index in [-0.39, 0.29) is 23.7 Å². The summed E-state index contributed by atoms with van der Waals surface area (Å²) in [5.74, 6) is 1.37. The normalized spacial score (nSPS) is 20.8. The van der Waals surface area contributed by atoms with Crippen molar-refractivity contribution in [1.29, 1.82) is 0 Å². The first-order chi connectivity index (χ1) is 11.1. The van der Waals surface area contributed by atoms with Crippen LogP contribution < -0.4 is 10.6 Å². The molecule has 2 aliphatic rings. The highest BCUT2D eigenvalue weighted by molar-refractivity contribution is 6.30. The molecule has 1 saturated carbocycles. The summed E-state index contributed by atoms with van der Waals surface area (Å²) < 4.78 is 0. The minimum absolute atomic E-state index is 0. The van der Waals surface area contributed by atoms with Gasteiger partial charge >= 0.3 is 0 Å². The number of hydrogen-bond acceptors (Lipinski definition) is 2. The lowest BCUT2D eigenvalue weighted by molar-refractivity contribution is -0.122. The van der Waals surface area contributed by atoms with Gasteiger partial charge in [-0.15, -0.1) is 12.4 Å². The van der Waals surface area contributed by atoms with Gasteiger partial charge in [0.05, 0.1) is 0 Å². The van der Waals surface area contributed by atoms with Gasteiger partial charge in [0.2, 0.25) is 5.91 Å². The Balaban J connectivity index is 0.00000208. The van der Waals surface area contributed by atoms with Crippen molar-refractivity contribution in [2.75, 3.05) is 19.6 Å². The number of piperidine rings is 1. The fraction of sp³-hybridized carbons (Fsp3) is 0.632. The van der Waals surface area contributed by atoms with Gasteiger partial charge < -0.3 is 10.6 Å². The minimum atomic E-state index is 0. The van der Waals surface area contributed by atoms with E-state index < -0.39 is 0 Å². The van der Waals surface area contributed by atoms with Crippen molar-refractivity contribution in [3.63, 3.8) is 0 Å². The van der Waals surface area contributed by atoms with Crippen LogP contribution in [0.1, 0.15) is 44.6 Å². The average molecular weight is 371 g/mol. The second-order valence-electron chi connectivity index (χ2n) is 7.33. The van der Waals surface area contributed by atoms with E-state index in [1.165, 1.54) is 18.4 Å². The highest BCUT2D eigenvalue weighted by Gasteiger charge is 2.44. The maximum absolute atomic E-state index is 12.3. The summed E-state index contributed by atoms with van der Waals surface area (Å²) in [5.41, 5.74) is 1.45. The number of halogens is 2. The quantitative estimate of drug-likeness (QED) is 0.796. The molecule has 1 atom stereocenters. The van der Waals surface area contributed by atoms with Crippen LogP contribution in [-0.2, 0) is 10.2 Å². The first kappa shape index (κ1) is 19.6. The molecule has 0 spiro atoms. The Labute approximate surface area is 156 Å². The molecule has 1 aliphatic carbocycles. The maximum atomic E-state index is 12.3. The summed E-state index contributed by atoms with van der Waals surface area (Å²) in [5, 5.41) is 7.34. The fourth-order valence-corrected chi connectivity index (χ4v) is 3.86. The Morgan fingerprint density at radius 2 is 1.92 bits per heavy atom. The van der Waals surface area contributed by atoms with Gasteiger partial charge in [-0.2, -0.15) is 0 Å². The number of carbonyl (C=O) groups is 1. The monoisotopic (exact) mass is 370 g/mol. The molecule has 2 fully saturated rings. The Morgan fingerprint density at radius 3 is 2.50 bits per heavy atom. The van der Waals surface area contributed by atoms with Gasteiger partial charge in [-0.1, -0.05) is 30.7 Å². The van der Waals surface area contributed by atoms with Crippen molar-refractivity contribution in [2.45, 2.75) is 44.4 Å². The second kappa shape index (κ2) is 8.55. The van der Waals surface area contributed by atoms with Crippen LogP contribution in [0.15, 0.2) is 24.3 Å². The molecule has 0 aromatic heterocycles. The number of amides is 1. The van der Waals surface area contributed by atoms with E-state index >= 15 is 0 Å². The molecule has 5 heteroatoms. The average Bonchev–Trinajstić information content (AvgIpc) is 3.35. The van der Waals surface area contributed by atoms with Crippen molar-refractivity contribution < 1.29 is 4.79 Å². The van der Waals surface area contributed by atoms with Gasteiger partial charge in [-0.05, 0) is 68.3 Å². The van der Waals surface area contributed by atoms with Crippen LogP contribution in [0.5, 0.6) is 0 Å². The van der Waals surface area contributed by atoms with E-state index in [0.717, 1.165) is 37.5 Å². The van der Waals surface area contributed by atoms with E-state index in [4.69, 9.17) is 11.6 Å². The molecule has 1 aliphatic heterocycles. The molecule has 1 unspecified atom stereocenters. The van der Waals surface area contributed by atoms with E-state index in [0.29, 0.717) is 18.3 Å². The van der Waals surface area contributed by atoms with Crippen molar-refractivity contribution in [2.24, 2.45) is 11.8 Å². The third-order valence-electron chi connectivity index (χ3n) is 5.63. The van der Waals surface area contributed by atoms with Crippen LogP contribution in [0.2, 0.25) is 5.02 Å². The van der Waals surface area contributed by atoms with Crippen molar-refractivity contribution in [3.8, 4) is 0 Å². The zero-order valence-corrected chi connectivity index (χ0v) is 15.9. The molecule has 3 rings (SSSR count). The molecule has 3 nitrogen and oxygen atoms in total. The summed E-state index contributed by atoms with van der Waals surface area (Å²) in [6.07, 6.45) is 5.35. The second-order valence-corrected chi connectivity index (χ2v) is 7.77. The van der Waals surface area contributed by atoms with Gasteiger partial charge in [0.1, 0.15) is 0 Å². The summed E-state index contributed by atoms with van der Waals surface area (Å²) in [6.45, 7) is 5.17. The summed E-state index contributed by atoms with van der Waals surface area (Å²) in [7, 11) is 0. The Kier molecular flexibility index (Phi) is 6.97. The van der Waals surface area contributed by atoms with Crippen LogP contribution in [0, 0.1) is 11.8 Å². The Hall–Kier alpha value is -0.770. The zero-order chi connectivity index (χ0) is 16.3. The minimum Gasteiger partial charge on any atom is -0.355 e. The number of benzene rings is 1. The fourth-order valence-electron chi connectivity index (χ4n) is 3.73. The molecule has 0 bridgehead atoms. The van der Waals surface area contributed by atoms with Gasteiger partial charge in [0.15, 0.2) is 0 Å². The SMILES string of the molecule is CC(CC(=O)NCC1(c2ccc(Cl)cc2)CC1)C1CCNCC1.Cl. The van der Waals surface area contributed by atoms with Crippen molar-refractivity contribution in [3.05, 3.63) is 34.9 Å². The van der Waals surface area contributed by atoms with Crippen LogP contribution in [0.25, 0.3) is 0 Å². The van der Waals surface area contributed by atoms with Crippen LogP contribution in [0.4, 0.5) is 0 Å². The lowest BCUT2D eigenvalue weighted by atomic mass is 9.84. The Bertz CT molecular complexity index is 537. The molecule has 1 amide bonds. The smallest absolute Gasteiger partial charge is 0.220 e. The lowest BCUT2D eigenvalue weighted by Gasteiger charge is -2.28. The molecule has 134 valence electrons. The van der Waals surface area contributed by atoms with Crippen LogP contribution in [-0.4, -0.2) is 25.5 Å². The zero-order valence-electron chi connectivity index (χ0n) is 14.3. The van der Waals surface area contributed by atoms with E-state index in [9.17, 15) is 4.79 Å². The highest BCUT2D eigenvalue weighted by atomic mass is 35.5. The molecular weight excluding hydrogens is 343 g/mol.